The molecular weight excluding hydrogens is 414 g/mol. The van der Waals surface area contributed by atoms with Crippen molar-refractivity contribution < 1.29 is 64.3 Å². The number of hydrogen-bond acceptors (Lipinski definition) is 12. The monoisotopic (exact) mass is 441 g/mol. The van der Waals surface area contributed by atoms with Gasteiger partial charge in [0.15, 0.2) is 12.2 Å². The maximum absolute atomic E-state index is 11.6. The van der Waals surface area contributed by atoms with Gasteiger partial charge < -0.3 is 55.3 Å². The van der Waals surface area contributed by atoms with Crippen molar-refractivity contribution in [3.63, 3.8) is 0 Å². The molecule has 0 spiro atoms. The second kappa shape index (κ2) is 8.96. The summed E-state index contributed by atoms with van der Waals surface area (Å²) in [4.78, 5) is 23.0. The van der Waals surface area contributed by atoms with Crippen molar-refractivity contribution in [3.8, 4) is 0 Å². The van der Waals surface area contributed by atoms with Crippen LogP contribution in [0.1, 0.15) is 13.8 Å². The van der Waals surface area contributed by atoms with Gasteiger partial charge in [0.1, 0.15) is 30.5 Å². The number of methoxy groups -OCH3 is 1. The second-order valence-electron chi connectivity index (χ2n) is 7.18. The van der Waals surface area contributed by atoms with Gasteiger partial charge in [-0.1, -0.05) is 0 Å². The lowest BCUT2D eigenvalue weighted by Gasteiger charge is -2.53. The van der Waals surface area contributed by atoms with Gasteiger partial charge in [-0.15, -0.1) is 0 Å². The van der Waals surface area contributed by atoms with E-state index in [0.717, 1.165) is 14.0 Å². The van der Waals surface area contributed by atoms with E-state index in [1.54, 1.807) is 0 Å². The molecule has 2 rings (SSSR count). The van der Waals surface area contributed by atoms with Crippen molar-refractivity contribution in [2.45, 2.75) is 74.4 Å². The molecule has 2 fully saturated rings. The number of nitrogens with one attached hydrogen (secondary N) is 1. The van der Waals surface area contributed by atoms with Crippen LogP contribution in [0.5, 0.6) is 0 Å². The number of rotatable bonds is 6. The van der Waals surface area contributed by atoms with Crippen LogP contribution >= 0.6 is 0 Å². The van der Waals surface area contributed by atoms with Crippen molar-refractivity contribution in [3.05, 3.63) is 0 Å². The van der Waals surface area contributed by atoms with Gasteiger partial charge in [0.2, 0.25) is 11.7 Å². The van der Waals surface area contributed by atoms with Gasteiger partial charge in [-0.25, -0.2) is 4.79 Å². The third-order valence-corrected chi connectivity index (χ3v) is 5.07. The van der Waals surface area contributed by atoms with E-state index in [4.69, 9.17) is 18.9 Å². The Morgan fingerprint density at radius 1 is 1.17 bits per heavy atom. The van der Waals surface area contributed by atoms with E-state index < -0.39 is 79.0 Å². The first-order chi connectivity index (χ1) is 13.8. The molecule has 0 saturated carbocycles. The van der Waals surface area contributed by atoms with E-state index in [2.05, 4.69) is 5.32 Å². The maximum atomic E-state index is 11.6. The topological polar surface area (TPSA) is 225 Å². The molecule has 4 unspecified atom stereocenters. The van der Waals surface area contributed by atoms with E-state index in [9.17, 15) is 45.3 Å². The minimum atomic E-state index is -3.37. The largest absolute Gasteiger partial charge is 0.479 e. The minimum absolute atomic E-state index is 0.702. The molecule has 2 heterocycles. The average molecular weight is 441 g/mol. The predicted molar refractivity (Wildman–Crippen MR) is 91.3 cm³/mol. The molecule has 1 amide bonds. The molecule has 0 aromatic carbocycles. The summed E-state index contributed by atoms with van der Waals surface area (Å²) in [5, 5.41) is 73.8. The first-order valence-electron chi connectivity index (χ1n) is 8.98. The smallest absolute Gasteiger partial charge is 0.335 e. The van der Waals surface area contributed by atoms with Crippen molar-refractivity contribution in [1.29, 1.82) is 0 Å². The lowest BCUT2D eigenvalue weighted by molar-refractivity contribution is -0.507. The molecule has 14 heteroatoms. The molecule has 10 atom stereocenters. The first kappa shape index (κ1) is 24.8. The molecule has 174 valence electrons. The fourth-order valence-corrected chi connectivity index (χ4v) is 3.59. The molecule has 0 aromatic heterocycles. The van der Waals surface area contributed by atoms with Crippen LogP contribution in [0.2, 0.25) is 0 Å². The van der Waals surface area contributed by atoms with Crippen LogP contribution in [-0.2, 0) is 28.5 Å². The highest BCUT2D eigenvalue weighted by molar-refractivity contribution is 5.74. The number of carboxylic acids is 1. The molecule has 30 heavy (non-hydrogen) atoms. The predicted octanol–water partition coefficient (Wildman–Crippen LogP) is -4.80. The molecule has 8 N–H and O–H groups in total. The summed E-state index contributed by atoms with van der Waals surface area (Å²) >= 11 is 0. The fourth-order valence-electron chi connectivity index (χ4n) is 3.59. The zero-order valence-electron chi connectivity index (χ0n) is 16.4. The third-order valence-electron chi connectivity index (χ3n) is 5.07. The Morgan fingerprint density at radius 3 is 2.23 bits per heavy atom. The van der Waals surface area contributed by atoms with Crippen molar-refractivity contribution in [1.82, 2.24) is 5.32 Å². The zero-order valence-corrected chi connectivity index (χ0v) is 16.4. The second-order valence-corrected chi connectivity index (χ2v) is 7.18. The van der Waals surface area contributed by atoms with Gasteiger partial charge in [-0.3, -0.25) is 9.53 Å². The van der Waals surface area contributed by atoms with Crippen LogP contribution in [0.25, 0.3) is 0 Å². The Morgan fingerprint density at radius 2 is 1.77 bits per heavy atom. The lowest BCUT2D eigenvalue weighted by atomic mass is 9.88. The molecule has 14 nitrogen and oxygen atoms in total. The van der Waals surface area contributed by atoms with Crippen LogP contribution in [0, 0.1) is 0 Å². The Hall–Kier alpha value is -1.46. The summed E-state index contributed by atoms with van der Waals surface area (Å²) in [5.74, 6) is -8.74. The number of carboxylic acid groups (broad SMARTS) is 1. The molecule has 0 bridgehead atoms. The standard InChI is InChI=1S/C16H27NO13/c1-5-11(17-6(2)19)15(25,12(21)7(4-18)28-5)30-16(26)13(22)8(20)9(27-3)10(29-16)14(23)24/h5,7-13,18,20-22,25-26H,4H2,1-3H3,(H,17,19)(H,23,24)/t5-,7?,8?,9-,10?,11+,12+,13-,15?,16+/m0/s1. The van der Waals surface area contributed by atoms with Crippen LogP contribution in [-0.4, -0.2) is 122 Å². The van der Waals surface area contributed by atoms with Gasteiger partial charge in [0.25, 0.3) is 0 Å². The summed E-state index contributed by atoms with van der Waals surface area (Å²) < 4.78 is 20.1. The number of aliphatic hydroxyl groups is 6. The molecule has 0 aliphatic carbocycles. The average Bonchev–Trinajstić information content (AvgIpc) is 2.66. The first-order valence-corrected chi connectivity index (χ1v) is 8.98. The quantitative estimate of drug-likeness (QED) is 0.181. The summed E-state index contributed by atoms with van der Waals surface area (Å²) in [6.45, 7) is 1.62. The summed E-state index contributed by atoms with van der Waals surface area (Å²) in [6, 6.07) is -1.58. The van der Waals surface area contributed by atoms with Gasteiger partial charge >= 0.3 is 11.9 Å². The van der Waals surface area contributed by atoms with E-state index in [1.807, 2.05) is 0 Å². The van der Waals surface area contributed by atoms with Gasteiger partial charge in [-0.2, -0.15) is 0 Å². The van der Waals surface area contributed by atoms with Crippen LogP contribution < -0.4 is 5.32 Å². The molecule has 0 radical (unpaired) electrons. The fraction of sp³-hybridized carbons (Fsp3) is 0.875. The number of carbonyl (C=O) groups is 2. The van der Waals surface area contributed by atoms with E-state index >= 15 is 0 Å². The maximum Gasteiger partial charge on any atom is 0.335 e. The number of amides is 1. The van der Waals surface area contributed by atoms with Crippen molar-refractivity contribution >= 4 is 11.9 Å². The SMILES string of the molecule is CO[C@@H]1C(C(=O)O)O[C@@](O)(OC2(O)[C@H](O)C(CO)O[C@@H](C)[C@H]2NC(C)=O)[C@@H](O)C1O. The number of ether oxygens (including phenoxy) is 4. The van der Waals surface area contributed by atoms with E-state index in [0.29, 0.717) is 0 Å². The molecule has 2 aliphatic heterocycles. The molecule has 2 saturated heterocycles. The summed E-state index contributed by atoms with van der Waals surface area (Å²) in [5.41, 5.74) is 0. The van der Waals surface area contributed by atoms with Crippen molar-refractivity contribution in [2.75, 3.05) is 13.7 Å². The lowest BCUT2D eigenvalue weighted by Crippen LogP contribution is -2.77. The number of hydrogen-bond donors (Lipinski definition) is 8. The highest BCUT2D eigenvalue weighted by Crippen LogP contribution is 2.39. The zero-order chi connectivity index (χ0) is 23.0. The van der Waals surface area contributed by atoms with E-state index in [-0.39, 0.29) is 0 Å². The Kier molecular flexibility index (Phi) is 7.41. The molecular formula is C16H27NO13. The minimum Gasteiger partial charge on any atom is -0.479 e. The van der Waals surface area contributed by atoms with Crippen molar-refractivity contribution in [2.24, 2.45) is 0 Å². The molecule has 0 aromatic rings. The Balaban J connectivity index is 2.47. The third kappa shape index (κ3) is 4.29. The highest BCUT2D eigenvalue weighted by Gasteiger charge is 2.64. The number of aliphatic hydroxyl groups excluding tert-OH is 4. The normalized spacial score (nSPS) is 47.0. The van der Waals surface area contributed by atoms with Gasteiger partial charge in [0, 0.05) is 14.0 Å². The van der Waals surface area contributed by atoms with Gasteiger partial charge in [-0.05, 0) is 6.92 Å². The van der Waals surface area contributed by atoms with Crippen LogP contribution in [0.3, 0.4) is 0 Å². The number of carbonyl (C=O) groups excluding carboxylic acids is 1. The number of aliphatic carboxylic acids is 1. The summed E-state index contributed by atoms with van der Waals surface area (Å²) in [6.07, 6.45) is -12.8. The Labute approximate surface area is 170 Å². The van der Waals surface area contributed by atoms with E-state index in [1.165, 1.54) is 6.92 Å². The highest BCUT2D eigenvalue weighted by atomic mass is 16.9. The molecule has 2 aliphatic rings. The van der Waals surface area contributed by atoms with Crippen LogP contribution in [0.4, 0.5) is 0 Å². The van der Waals surface area contributed by atoms with Gasteiger partial charge in [0.05, 0.1) is 12.7 Å². The summed E-state index contributed by atoms with van der Waals surface area (Å²) in [7, 11) is 1.03. The van der Waals surface area contributed by atoms with Crippen LogP contribution in [0.15, 0.2) is 0 Å². The Bertz CT molecular complexity index is 649.